The highest BCUT2D eigenvalue weighted by Crippen LogP contribution is 2.31. The molecule has 148 valence electrons. The number of carbonyl (C=O) groups is 2. The van der Waals surface area contributed by atoms with Crippen LogP contribution in [0.3, 0.4) is 0 Å². The average Bonchev–Trinajstić information content (AvgIpc) is 3.44. The summed E-state index contributed by atoms with van der Waals surface area (Å²) in [4.78, 5) is 26.6. The van der Waals surface area contributed by atoms with E-state index in [0.717, 1.165) is 26.5 Å². The van der Waals surface area contributed by atoms with Gasteiger partial charge in [-0.25, -0.2) is 9.48 Å². The second-order valence-electron chi connectivity index (χ2n) is 6.24. The van der Waals surface area contributed by atoms with Gasteiger partial charge in [-0.2, -0.15) is 5.10 Å². The number of hydrogen-bond donors (Lipinski definition) is 1. The molecule has 0 spiro atoms. The topological polar surface area (TPSA) is 73.2 Å². The molecule has 0 saturated carbocycles. The van der Waals surface area contributed by atoms with Crippen LogP contribution >= 0.6 is 34.3 Å². The fourth-order valence-corrected chi connectivity index (χ4v) is 4.60. The number of thiophene rings is 2. The van der Waals surface area contributed by atoms with Crippen molar-refractivity contribution in [2.75, 3.05) is 6.61 Å². The summed E-state index contributed by atoms with van der Waals surface area (Å²) in [5.41, 5.74) is 1.65. The maximum absolute atomic E-state index is 12.4. The molecule has 0 saturated heterocycles. The van der Waals surface area contributed by atoms with Crippen molar-refractivity contribution in [3.8, 4) is 5.69 Å². The highest BCUT2D eigenvalue weighted by atomic mass is 35.5. The Morgan fingerprint density at radius 1 is 1.24 bits per heavy atom. The fourth-order valence-electron chi connectivity index (χ4n) is 2.76. The highest BCUT2D eigenvalue weighted by molar-refractivity contribution is 7.20. The predicted molar refractivity (Wildman–Crippen MR) is 115 cm³/mol. The van der Waals surface area contributed by atoms with E-state index in [2.05, 4.69) is 10.4 Å². The van der Waals surface area contributed by atoms with Crippen molar-refractivity contribution in [2.45, 2.75) is 13.5 Å². The number of amides is 1. The van der Waals surface area contributed by atoms with E-state index in [4.69, 9.17) is 16.3 Å². The maximum atomic E-state index is 12.4. The molecular weight excluding hydrogens is 430 g/mol. The van der Waals surface area contributed by atoms with Crippen LogP contribution in [0.2, 0.25) is 5.02 Å². The SMILES string of the molecule is Cc1nn(-c2ccc(Cl)cc2)c2sc(C(=O)OCC(=O)NCc3cccs3)cc12. The number of halogens is 1. The number of fused-ring (bicyclic) bond motifs is 1. The molecule has 6 nitrogen and oxygen atoms in total. The summed E-state index contributed by atoms with van der Waals surface area (Å²) in [5, 5.41) is 10.7. The van der Waals surface area contributed by atoms with Gasteiger partial charge in [0.2, 0.25) is 0 Å². The van der Waals surface area contributed by atoms with E-state index in [1.807, 2.05) is 36.6 Å². The van der Waals surface area contributed by atoms with Gasteiger partial charge in [-0.05, 0) is 48.7 Å². The highest BCUT2D eigenvalue weighted by Gasteiger charge is 2.19. The average molecular weight is 446 g/mol. The summed E-state index contributed by atoms with van der Waals surface area (Å²) in [7, 11) is 0. The Bertz CT molecular complexity index is 1160. The molecule has 4 aromatic rings. The summed E-state index contributed by atoms with van der Waals surface area (Å²) < 4.78 is 6.95. The van der Waals surface area contributed by atoms with Gasteiger partial charge in [-0.15, -0.1) is 22.7 Å². The van der Waals surface area contributed by atoms with Gasteiger partial charge in [0.05, 0.1) is 17.9 Å². The van der Waals surface area contributed by atoms with E-state index in [1.54, 1.807) is 34.2 Å². The zero-order valence-electron chi connectivity index (χ0n) is 15.3. The molecule has 1 aromatic carbocycles. The van der Waals surface area contributed by atoms with Crippen LogP contribution in [0.25, 0.3) is 15.9 Å². The lowest BCUT2D eigenvalue weighted by atomic mass is 10.3. The van der Waals surface area contributed by atoms with Crippen molar-refractivity contribution >= 4 is 56.4 Å². The lowest BCUT2D eigenvalue weighted by Crippen LogP contribution is -2.27. The minimum Gasteiger partial charge on any atom is -0.451 e. The quantitative estimate of drug-likeness (QED) is 0.441. The molecule has 0 fully saturated rings. The van der Waals surface area contributed by atoms with Gasteiger partial charge >= 0.3 is 5.97 Å². The van der Waals surface area contributed by atoms with Crippen LogP contribution < -0.4 is 5.32 Å². The van der Waals surface area contributed by atoms with E-state index in [9.17, 15) is 9.59 Å². The smallest absolute Gasteiger partial charge is 0.348 e. The minimum absolute atomic E-state index is 0.319. The van der Waals surface area contributed by atoms with Crippen molar-refractivity contribution in [2.24, 2.45) is 0 Å². The van der Waals surface area contributed by atoms with Crippen LogP contribution in [0, 0.1) is 6.92 Å². The minimum atomic E-state index is -0.528. The van der Waals surface area contributed by atoms with Crippen molar-refractivity contribution in [3.63, 3.8) is 0 Å². The standard InChI is InChI=1S/C20H16ClN3O3S2/c1-12-16-9-17(20(26)27-11-18(25)22-10-15-3-2-8-28-15)29-19(16)24(23-12)14-6-4-13(21)5-7-14/h2-9H,10-11H2,1H3,(H,22,25). The van der Waals surface area contributed by atoms with E-state index in [1.165, 1.54) is 11.3 Å². The van der Waals surface area contributed by atoms with Gasteiger partial charge in [0, 0.05) is 15.3 Å². The number of ether oxygens (including phenoxy) is 1. The van der Waals surface area contributed by atoms with Crippen LogP contribution in [-0.4, -0.2) is 28.3 Å². The first-order valence-electron chi connectivity index (χ1n) is 8.72. The van der Waals surface area contributed by atoms with Crippen molar-refractivity contribution in [1.82, 2.24) is 15.1 Å². The number of esters is 1. The van der Waals surface area contributed by atoms with Gasteiger partial charge in [0.15, 0.2) is 6.61 Å². The van der Waals surface area contributed by atoms with Crippen molar-refractivity contribution < 1.29 is 14.3 Å². The molecule has 9 heteroatoms. The number of rotatable bonds is 6. The van der Waals surface area contributed by atoms with Crippen LogP contribution in [0.15, 0.2) is 47.8 Å². The number of hydrogen-bond acceptors (Lipinski definition) is 6. The molecule has 0 bridgehead atoms. The molecule has 1 N–H and O–H groups in total. The number of aryl methyl sites for hydroxylation is 1. The summed E-state index contributed by atoms with van der Waals surface area (Å²) in [6.07, 6.45) is 0. The van der Waals surface area contributed by atoms with Crippen molar-refractivity contribution in [3.05, 3.63) is 68.3 Å². The van der Waals surface area contributed by atoms with Gasteiger partial charge < -0.3 is 10.1 Å². The molecule has 0 aliphatic heterocycles. The normalized spacial score (nSPS) is 11.0. The summed E-state index contributed by atoms with van der Waals surface area (Å²) in [6, 6.07) is 12.9. The van der Waals surface area contributed by atoms with Crippen LogP contribution in [0.5, 0.6) is 0 Å². The van der Waals surface area contributed by atoms with E-state index >= 15 is 0 Å². The van der Waals surface area contributed by atoms with E-state index in [0.29, 0.717) is 16.4 Å². The molecule has 1 amide bonds. The second-order valence-corrected chi connectivity index (χ2v) is 8.73. The molecule has 0 aliphatic carbocycles. The van der Waals surface area contributed by atoms with Gasteiger partial charge in [0.25, 0.3) is 5.91 Å². The van der Waals surface area contributed by atoms with Crippen molar-refractivity contribution in [1.29, 1.82) is 0 Å². The number of nitrogens with zero attached hydrogens (tertiary/aromatic N) is 2. The van der Waals surface area contributed by atoms with E-state index in [-0.39, 0.29) is 12.5 Å². The largest absolute Gasteiger partial charge is 0.451 e. The second kappa shape index (κ2) is 8.36. The van der Waals surface area contributed by atoms with E-state index < -0.39 is 5.97 Å². The third kappa shape index (κ3) is 4.34. The Morgan fingerprint density at radius 3 is 2.76 bits per heavy atom. The Hall–Kier alpha value is -2.68. The summed E-state index contributed by atoms with van der Waals surface area (Å²) in [5.74, 6) is -0.865. The van der Waals surface area contributed by atoms with Crippen LogP contribution in [0.4, 0.5) is 0 Å². The third-order valence-electron chi connectivity index (χ3n) is 4.19. The first kappa shape index (κ1) is 19.6. The Labute approximate surface area is 179 Å². The lowest BCUT2D eigenvalue weighted by Gasteiger charge is -2.05. The number of benzene rings is 1. The molecule has 29 heavy (non-hydrogen) atoms. The van der Waals surface area contributed by atoms with Crippen LogP contribution in [-0.2, 0) is 16.1 Å². The first-order valence-corrected chi connectivity index (χ1v) is 10.8. The fraction of sp³-hybridized carbons (Fsp3) is 0.150. The maximum Gasteiger partial charge on any atom is 0.348 e. The first-order chi connectivity index (χ1) is 14.0. The molecular formula is C20H16ClN3O3S2. The van der Waals surface area contributed by atoms with Gasteiger partial charge in [-0.3, -0.25) is 4.79 Å². The zero-order chi connectivity index (χ0) is 20.4. The summed E-state index contributed by atoms with van der Waals surface area (Å²) in [6.45, 7) is 1.99. The number of aromatic nitrogens is 2. The number of carbonyl (C=O) groups excluding carboxylic acids is 2. The lowest BCUT2D eigenvalue weighted by molar-refractivity contribution is -0.124. The monoisotopic (exact) mass is 445 g/mol. The summed E-state index contributed by atoms with van der Waals surface area (Å²) >= 11 is 8.79. The van der Waals surface area contributed by atoms with Gasteiger partial charge in [-0.1, -0.05) is 17.7 Å². The molecule has 0 aliphatic rings. The number of nitrogens with one attached hydrogen (secondary N) is 1. The Balaban J connectivity index is 1.45. The molecule has 0 radical (unpaired) electrons. The Kier molecular flexibility index (Phi) is 5.66. The molecule has 3 aromatic heterocycles. The molecule has 0 unspecified atom stereocenters. The predicted octanol–water partition coefficient (Wildman–Crippen LogP) is 4.58. The zero-order valence-corrected chi connectivity index (χ0v) is 17.7. The Morgan fingerprint density at radius 2 is 2.03 bits per heavy atom. The third-order valence-corrected chi connectivity index (χ3v) is 6.41. The van der Waals surface area contributed by atoms with Crippen LogP contribution in [0.1, 0.15) is 20.2 Å². The molecule has 0 atom stereocenters. The molecule has 3 heterocycles. The molecule has 4 rings (SSSR count). The van der Waals surface area contributed by atoms with Gasteiger partial charge in [0.1, 0.15) is 9.71 Å².